The van der Waals surface area contributed by atoms with Gasteiger partial charge in [-0.3, -0.25) is 9.36 Å². The van der Waals surface area contributed by atoms with E-state index in [-0.39, 0.29) is 17.5 Å². The number of benzene rings is 3. The molecule has 7 nitrogen and oxygen atoms in total. The topological polar surface area (TPSA) is 84.2 Å². The monoisotopic (exact) mass is 474 g/mol. The number of rotatable bonds is 9. The highest BCUT2D eigenvalue weighted by Crippen LogP contribution is 2.22. The molecule has 0 fully saturated rings. The summed E-state index contributed by atoms with van der Waals surface area (Å²) in [5.74, 6) is 0.222. The molecule has 1 amide bonds. The van der Waals surface area contributed by atoms with Crippen molar-refractivity contribution in [2.45, 2.75) is 18.6 Å². The molecule has 0 bridgehead atoms. The number of nitrogens with zero attached hydrogens (tertiary/aromatic N) is 4. The van der Waals surface area contributed by atoms with Crippen LogP contribution in [0.5, 0.6) is 0 Å². The Bertz CT molecular complexity index is 1260. The van der Waals surface area contributed by atoms with Gasteiger partial charge in [0.05, 0.1) is 18.5 Å². The van der Waals surface area contributed by atoms with E-state index in [1.54, 1.807) is 12.1 Å². The predicted octanol–water partition coefficient (Wildman–Crippen LogP) is 4.57. The summed E-state index contributed by atoms with van der Waals surface area (Å²) < 4.78 is 14.9. The van der Waals surface area contributed by atoms with Crippen molar-refractivity contribution in [2.24, 2.45) is 5.10 Å². The molecule has 1 heterocycles. The van der Waals surface area contributed by atoms with Crippen molar-refractivity contribution in [2.75, 3.05) is 11.1 Å². The molecule has 4 aromatic rings. The highest BCUT2D eigenvalue weighted by molar-refractivity contribution is 7.99. The number of thioether (sulfide) groups is 1. The lowest BCUT2D eigenvalue weighted by molar-refractivity contribution is -0.118. The Labute approximate surface area is 201 Å². The largest absolute Gasteiger partial charge is 0.378 e. The van der Waals surface area contributed by atoms with E-state index in [9.17, 15) is 9.18 Å². The molecule has 0 saturated heterocycles. The van der Waals surface area contributed by atoms with Crippen molar-refractivity contribution in [3.05, 3.63) is 102 Å². The van der Waals surface area contributed by atoms with Crippen LogP contribution in [-0.2, 0) is 11.3 Å². The number of hydrogen-bond acceptors (Lipinski definition) is 6. The zero-order valence-electron chi connectivity index (χ0n) is 18.5. The van der Waals surface area contributed by atoms with Crippen molar-refractivity contribution >= 4 is 29.6 Å². The first-order valence-corrected chi connectivity index (χ1v) is 11.6. The summed E-state index contributed by atoms with van der Waals surface area (Å²) in [6.07, 6.45) is 1.46. The van der Waals surface area contributed by atoms with E-state index >= 15 is 0 Å². The van der Waals surface area contributed by atoms with Crippen molar-refractivity contribution in [3.63, 3.8) is 0 Å². The van der Waals surface area contributed by atoms with Gasteiger partial charge in [-0.25, -0.2) is 9.82 Å². The molecule has 3 aromatic carbocycles. The second-order valence-electron chi connectivity index (χ2n) is 7.42. The van der Waals surface area contributed by atoms with Crippen molar-refractivity contribution in [1.82, 2.24) is 20.2 Å². The maximum atomic E-state index is 13.0. The lowest BCUT2D eigenvalue weighted by Gasteiger charge is -2.11. The molecule has 1 aromatic heterocycles. The molecular formula is C25H23FN6OS. The van der Waals surface area contributed by atoms with E-state index in [0.29, 0.717) is 17.3 Å². The molecule has 0 aliphatic heterocycles. The minimum absolute atomic E-state index is 0.108. The van der Waals surface area contributed by atoms with E-state index < -0.39 is 0 Å². The van der Waals surface area contributed by atoms with Gasteiger partial charge in [-0.05, 0) is 48.9 Å². The standard InChI is InChI=1S/C25H23FN6OS/c1-18-7-13-21(14-8-18)27-16-23-29-31-25(32(23)22-5-3-2-4-6-22)34-17-24(33)30-28-15-19-9-11-20(26)12-10-19/h2-15,27H,16-17H2,1H3,(H,30,33). The summed E-state index contributed by atoms with van der Waals surface area (Å²) in [6.45, 7) is 2.52. The van der Waals surface area contributed by atoms with E-state index in [2.05, 4.69) is 26.0 Å². The van der Waals surface area contributed by atoms with Gasteiger partial charge in [-0.2, -0.15) is 5.10 Å². The molecule has 0 aliphatic carbocycles. The Morgan fingerprint density at radius 2 is 1.76 bits per heavy atom. The first-order valence-electron chi connectivity index (χ1n) is 10.6. The summed E-state index contributed by atoms with van der Waals surface area (Å²) >= 11 is 1.27. The van der Waals surface area contributed by atoms with Crippen molar-refractivity contribution < 1.29 is 9.18 Å². The number of para-hydroxylation sites is 1. The second-order valence-corrected chi connectivity index (χ2v) is 8.37. The van der Waals surface area contributed by atoms with Gasteiger partial charge in [0, 0.05) is 11.4 Å². The molecule has 34 heavy (non-hydrogen) atoms. The highest BCUT2D eigenvalue weighted by atomic mass is 32.2. The zero-order chi connectivity index (χ0) is 23.8. The normalized spacial score (nSPS) is 11.0. The predicted molar refractivity (Wildman–Crippen MR) is 133 cm³/mol. The van der Waals surface area contributed by atoms with Gasteiger partial charge in [-0.1, -0.05) is 59.8 Å². The maximum absolute atomic E-state index is 13.0. The molecule has 172 valence electrons. The number of carbonyl (C=O) groups is 1. The molecule has 0 radical (unpaired) electrons. The van der Waals surface area contributed by atoms with Gasteiger partial charge in [0.25, 0.3) is 5.91 Å². The zero-order valence-corrected chi connectivity index (χ0v) is 19.3. The quantitative estimate of drug-likeness (QED) is 0.211. The fraction of sp³-hybridized carbons (Fsp3) is 0.120. The van der Waals surface area contributed by atoms with Crippen LogP contribution in [0.3, 0.4) is 0 Å². The Hall–Kier alpha value is -3.98. The number of nitrogens with one attached hydrogen (secondary N) is 2. The van der Waals surface area contributed by atoms with Gasteiger partial charge in [0.1, 0.15) is 5.82 Å². The van der Waals surface area contributed by atoms with Gasteiger partial charge in [-0.15, -0.1) is 10.2 Å². The number of amides is 1. The lowest BCUT2D eigenvalue weighted by Crippen LogP contribution is -2.20. The molecule has 2 N–H and O–H groups in total. The number of aryl methyl sites for hydroxylation is 1. The fourth-order valence-electron chi connectivity index (χ4n) is 3.09. The number of hydrazone groups is 1. The molecule has 0 spiro atoms. The summed E-state index contributed by atoms with van der Waals surface area (Å²) in [7, 11) is 0. The molecular weight excluding hydrogens is 451 g/mol. The second kappa shape index (κ2) is 11.2. The summed E-state index contributed by atoms with van der Waals surface area (Å²) in [4.78, 5) is 12.3. The van der Waals surface area contributed by atoms with Gasteiger partial charge in [0.15, 0.2) is 11.0 Å². The summed E-state index contributed by atoms with van der Waals surface area (Å²) in [6, 6.07) is 23.7. The van der Waals surface area contributed by atoms with E-state index in [1.807, 2.05) is 66.1 Å². The first-order chi connectivity index (χ1) is 16.6. The van der Waals surface area contributed by atoms with Crippen LogP contribution in [0, 0.1) is 12.7 Å². The Balaban J connectivity index is 1.42. The third kappa shape index (κ3) is 6.29. The smallest absolute Gasteiger partial charge is 0.250 e. The molecule has 0 unspecified atom stereocenters. The first kappa shape index (κ1) is 23.2. The highest BCUT2D eigenvalue weighted by Gasteiger charge is 2.15. The molecule has 0 atom stereocenters. The van der Waals surface area contributed by atoms with Crippen LogP contribution in [0.2, 0.25) is 0 Å². The number of carbonyl (C=O) groups excluding carboxylic acids is 1. The van der Waals surface area contributed by atoms with E-state index in [0.717, 1.165) is 17.2 Å². The van der Waals surface area contributed by atoms with E-state index in [4.69, 9.17) is 0 Å². The average Bonchev–Trinajstić information content (AvgIpc) is 3.27. The summed E-state index contributed by atoms with van der Waals surface area (Å²) in [5.41, 5.74) is 6.25. The third-order valence-electron chi connectivity index (χ3n) is 4.82. The number of aromatic nitrogens is 3. The molecule has 0 saturated carbocycles. The third-order valence-corrected chi connectivity index (χ3v) is 5.75. The number of hydrogen-bond donors (Lipinski definition) is 2. The number of anilines is 1. The summed E-state index contributed by atoms with van der Waals surface area (Å²) in [5, 5.41) is 16.6. The fourth-order valence-corrected chi connectivity index (χ4v) is 3.85. The average molecular weight is 475 g/mol. The van der Waals surface area contributed by atoms with Crippen molar-refractivity contribution in [3.8, 4) is 5.69 Å². The minimum Gasteiger partial charge on any atom is -0.378 e. The molecule has 0 aliphatic rings. The van der Waals surface area contributed by atoms with Crippen LogP contribution in [-0.4, -0.2) is 32.6 Å². The lowest BCUT2D eigenvalue weighted by atomic mass is 10.2. The SMILES string of the molecule is Cc1ccc(NCc2nnc(SCC(=O)NN=Cc3ccc(F)cc3)n2-c2ccccc2)cc1. The Morgan fingerprint density at radius 1 is 1.03 bits per heavy atom. The minimum atomic E-state index is -0.325. The van der Waals surface area contributed by atoms with Crippen LogP contribution < -0.4 is 10.7 Å². The van der Waals surface area contributed by atoms with Gasteiger partial charge < -0.3 is 5.32 Å². The van der Waals surface area contributed by atoms with Crippen LogP contribution in [0.15, 0.2) is 89.1 Å². The molecule has 9 heteroatoms. The Morgan fingerprint density at radius 3 is 2.50 bits per heavy atom. The maximum Gasteiger partial charge on any atom is 0.250 e. The van der Waals surface area contributed by atoms with Crippen LogP contribution >= 0.6 is 11.8 Å². The van der Waals surface area contributed by atoms with Crippen LogP contribution in [0.25, 0.3) is 5.69 Å². The molecule has 4 rings (SSSR count). The Kier molecular flexibility index (Phi) is 7.67. The van der Waals surface area contributed by atoms with Crippen LogP contribution in [0.4, 0.5) is 10.1 Å². The van der Waals surface area contributed by atoms with Gasteiger partial charge >= 0.3 is 0 Å². The van der Waals surface area contributed by atoms with Crippen LogP contribution in [0.1, 0.15) is 17.0 Å². The van der Waals surface area contributed by atoms with E-state index in [1.165, 1.54) is 35.7 Å². The van der Waals surface area contributed by atoms with Gasteiger partial charge in [0.2, 0.25) is 0 Å². The van der Waals surface area contributed by atoms with Crippen molar-refractivity contribution in [1.29, 1.82) is 0 Å². The number of halogens is 1.